The van der Waals surface area contributed by atoms with E-state index in [4.69, 9.17) is 9.47 Å². The molecule has 0 saturated carbocycles. The van der Waals surface area contributed by atoms with Crippen LogP contribution in [-0.4, -0.2) is 67.1 Å². The zero-order chi connectivity index (χ0) is 20.1. The number of amides is 2. The zero-order valence-corrected chi connectivity index (χ0v) is 17.3. The smallest absolute Gasteiger partial charge is 0.248 e. The van der Waals surface area contributed by atoms with Crippen molar-refractivity contribution in [1.29, 1.82) is 0 Å². The predicted molar refractivity (Wildman–Crippen MR) is 107 cm³/mol. The van der Waals surface area contributed by atoms with Gasteiger partial charge in [0, 0.05) is 58.5 Å². The van der Waals surface area contributed by atoms with Crippen LogP contribution in [0, 0.1) is 0 Å². The highest BCUT2D eigenvalue weighted by molar-refractivity contribution is 5.78. The first-order valence-corrected chi connectivity index (χ1v) is 10.3. The average molecular weight is 389 g/mol. The molecular formula is C22H32N2O4. The molecule has 28 heavy (non-hydrogen) atoms. The number of piperidine rings is 1. The number of carbonyl (C=O) groups is 2. The molecule has 154 valence electrons. The molecule has 0 aliphatic carbocycles. The van der Waals surface area contributed by atoms with Crippen LogP contribution in [-0.2, 0) is 14.3 Å². The quantitative estimate of drug-likeness (QED) is 0.752. The summed E-state index contributed by atoms with van der Waals surface area (Å²) in [6, 6.07) is 8.09. The Bertz CT molecular complexity index is 694. The van der Waals surface area contributed by atoms with Gasteiger partial charge in [0.15, 0.2) is 0 Å². The maximum Gasteiger partial charge on any atom is 0.248 e. The molecule has 2 aliphatic heterocycles. The third-order valence-corrected chi connectivity index (χ3v) is 6.14. The molecule has 2 aliphatic rings. The van der Waals surface area contributed by atoms with E-state index in [1.165, 1.54) is 0 Å². The van der Waals surface area contributed by atoms with E-state index in [0.717, 1.165) is 43.7 Å². The summed E-state index contributed by atoms with van der Waals surface area (Å²) < 4.78 is 11.5. The number of benzene rings is 1. The molecule has 1 atom stereocenters. The van der Waals surface area contributed by atoms with E-state index >= 15 is 0 Å². The molecule has 0 bridgehead atoms. The maximum absolute atomic E-state index is 12.8. The van der Waals surface area contributed by atoms with Gasteiger partial charge in [-0.15, -0.1) is 0 Å². The van der Waals surface area contributed by atoms with Crippen LogP contribution >= 0.6 is 0 Å². The Kier molecular flexibility index (Phi) is 6.60. The van der Waals surface area contributed by atoms with Crippen LogP contribution < -0.4 is 4.74 Å². The molecule has 1 aromatic carbocycles. The summed E-state index contributed by atoms with van der Waals surface area (Å²) in [6.07, 6.45) is 2.90. The highest BCUT2D eigenvalue weighted by atomic mass is 16.5. The van der Waals surface area contributed by atoms with E-state index in [-0.39, 0.29) is 29.9 Å². The van der Waals surface area contributed by atoms with Crippen molar-refractivity contribution < 1.29 is 19.1 Å². The first kappa shape index (κ1) is 20.6. The van der Waals surface area contributed by atoms with Crippen LogP contribution in [0.3, 0.4) is 0 Å². The number of fused-ring (bicyclic) bond motifs is 1. The van der Waals surface area contributed by atoms with E-state index < -0.39 is 0 Å². The minimum Gasteiger partial charge on any atom is -0.487 e. The van der Waals surface area contributed by atoms with Gasteiger partial charge < -0.3 is 19.3 Å². The second kappa shape index (κ2) is 8.95. The van der Waals surface area contributed by atoms with Gasteiger partial charge in [-0.2, -0.15) is 0 Å². The number of hydrogen-bond acceptors (Lipinski definition) is 4. The predicted octanol–water partition coefficient (Wildman–Crippen LogP) is 2.82. The Balaban J connectivity index is 1.76. The first-order chi connectivity index (χ1) is 13.5. The number of hydrogen-bond donors (Lipinski definition) is 0. The number of nitrogens with zero attached hydrogens (tertiary/aromatic N) is 2. The largest absolute Gasteiger partial charge is 0.487 e. The molecule has 0 N–H and O–H groups in total. The lowest BCUT2D eigenvalue weighted by Gasteiger charge is -2.47. The number of para-hydroxylation sites is 1. The number of rotatable bonds is 6. The highest BCUT2D eigenvalue weighted by Gasteiger charge is 2.44. The summed E-state index contributed by atoms with van der Waals surface area (Å²) in [5.41, 5.74) is 0.832. The number of methoxy groups -OCH3 is 1. The van der Waals surface area contributed by atoms with Gasteiger partial charge in [-0.25, -0.2) is 0 Å². The topological polar surface area (TPSA) is 59.1 Å². The fraction of sp³-hybridized carbons (Fsp3) is 0.636. The third-order valence-electron chi connectivity index (χ3n) is 6.14. The average Bonchev–Trinajstić information content (AvgIpc) is 2.69. The van der Waals surface area contributed by atoms with E-state index in [1.54, 1.807) is 7.11 Å². The second-order valence-corrected chi connectivity index (χ2v) is 7.81. The number of carbonyl (C=O) groups excluding carboxylic acids is 2. The van der Waals surface area contributed by atoms with Gasteiger partial charge in [0.25, 0.3) is 0 Å². The Labute approximate surface area is 167 Å². The van der Waals surface area contributed by atoms with Crippen molar-refractivity contribution >= 4 is 11.8 Å². The van der Waals surface area contributed by atoms with Gasteiger partial charge in [0.1, 0.15) is 18.0 Å². The van der Waals surface area contributed by atoms with Crippen molar-refractivity contribution in [2.75, 3.05) is 39.9 Å². The van der Waals surface area contributed by atoms with Crippen LogP contribution in [0.4, 0.5) is 0 Å². The molecule has 1 saturated heterocycles. The lowest BCUT2D eigenvalue weighted by Crippen LogP contribution is -2.52. The molecule has 0 unspecified atom stereocenters. The van der Waals surface area contributed by atoms with Gasteiger partial charge in [0.2, 0.25) is 11.8 Å². The molecule has 2 amide bonds. The molecule has 0 radical (unpaired) electrons. The first-order valence-electron chi connectivity index (χ1n) is 10.3. The standard InChI is InChI=1S/C22H32N2O4/c1-4-23(5-2)20(25)14-17-15-22(28-19-9-7-6-8-18(17)19)10-12-24(13-11-22)21(26)16-27-3/h6-9,17H,4-5,10-16H2,1-3H3/t17-/m1/s1. The second-order valence-electron chi connectivity index (χ2n) is 7.81. The minimum absolute atomic E-state index is 0.0295. The van der Waals surface area contributed by atoms with E-state index in [2.05, 4.69) is 6.07 Å². The van der Waals surface area contributed by atoms with Crippen molar-refractivity contribution in [3.05, 3.63) is 29.8 Å². The molecular weight excluding hydrogens is 356 g/mol. The van der Waals surface area contributed by atoms with Crippen LogP contribution in [0.1, 0.15) is 51.0 Å². The van der Waals surface area contributed by atoms with Gasteiger partial charge in [-0.3, -0.25) is 9.59 Å². The molecule has 6 nitrogen and oxygen atoms in total. The van der Waals surface area contributed by atoms with Crippen LogP contribution in [0.25, 0.3) is 0 Å². The van der Waals surface area contributed by atoms with E-state index in [1.807, 2.05) is 41.8 Å². The zero-order valence-electron chi connectivity index (χ0n) is 17.3. The number of likely N-dealkylation sites (tertiary alicyclic amines) is 1. The Morgan fingerprint density at radius 2 is 1.89 bits per heavy atom. The SMILES string of the molecule is CCN(CC)C(=O)C[C@@H]1CC2(CCN(C(=O)COC)CC2)Oc2ccccc21. The van der Waals surface area contributed by atoms with Crippen molar-refractivity contribution in [1.82, 2.24) is 9.80 Å². The van der Waals surface area contributed by atoms with Gasteiger partial charge in [-0.1, -0.05) is 18.2 Å². The third kappa shape index (κ3) is 4.32. The molecule has 1 aromatic rings. The van der Waals surface area contributed by atoms with Crippen LogP contribution in [0.15, 0.2) is 24.3 Å². The molecule has 3 rings (SSSR count). The maximum atomic E-state index is 12.8. The summed E-state index contributed by atoms with van der Waals surface area (Å²) in [7, 11) is 1.54. The van der Waals surface area contributed by atoms with E-state index in [9.17, 15) is 9.59 Å². The van der Waals surface area contributed by atoms with Gasteiger partial charge >= 0.3 is 0 Å². The normalized spacial score (nSPS) is 20.4. The Hall–Kier alpha value is -2.08. The fourth-order valence-electron chi connectivity index (χ4n) is 4.53. The highest BCUT2D eigenvalue weighted by Crippen LogP contribution is 2.46. The van der Waals surface area contributed by atoms with E-state index in [0.29, 0.717) is 19.5 Å². The summed E-state index contributed by atoms with van der Waals surface area (Å²) in [6.45, 7) is 6.98. The van der Waals surface area contributed by atoms with Crippen molar-refractivity contribution in [2.24, 2.45) is 0 Å². The van der Waals surface area contributed by atoms with Crippen LogP contribution in [0.2, 0.25) is 0 Å². The summed E-state index contributed by atoms with van der Waals surface area (Å²) in [5.74, 6) is 1.28. The minimum atomic E-state index is -0.299. The number of ether oxygens (including phenoxy) is 2. The molecule has 0 aromatic heterocycles. The van der Waals surface area contributed by atoms with Crippen molar-refractivity contribution in [2.45, 2.75) is 51.0 Å². The summed E-state index contributed by atoms with van der Waals surface area (Å²) >= 11 is 0. The summed E-state index contributed by atoms with van der Waals surface area (Å²) in [4.78, 5) is 28.7. The van der Waals surface area contributed by atoms with Crippen molar-refractivity contribution in [3.63, 3.8) is 0 Å². The molecule has 1 fully saturated rings. The molecule has 6 heteroatoms. The lowest BCUT2D eigenvalue weighted by molar-refractivity contribution is -0.139. The monoisotopic (exact) mass is 388 g/mol. The van der Waals surface area contributed by atoms with Gasteiger partial charge in [-0.05, 0) is 31.9 Å². The fourth-order valence-corrected chi connectivity index (χ4v) is 4.53. The Morgan fingerprint density at radius 1 is 1.21 bits per heavy atom. The molecule has 2 heterocycles. The van der Waals surface area contributed by atoms with Gasteiger partial charge in [0.05, 0.1) is 0 Å². The Morgan fingerprint density at radius 3 is 2.54 bits per heavy atom. The van der Waals surface area contributed by atoms with Crippen molar-refractivity contribution in [3.8, 4) is 5.75 Å². The van der Waals surface area contributed by atoms with Crippen LogP contribution in [0.5, 0.6) is 5.75 Å². The summed E-state index contributed by atoms with van der Waals surface area (Å²) in [5, 5.41) is 0. The molecule has 1 spiro atoms. The lowest BCUT2D eigenvalue weighted by atomic mass is 9.76.